The van der Waals surface area contributed by atoms with E-state index in [1.165, 1.54) is 18.2 Å². The summed E-state index contributed by atoms with van der Waals surface area (Å²) in [6, 6.07) is 2.72. The monoisotopic (exact) mass is 304 g/mol. The van der Waals surface area contributed by atoms with Crippen LogP contribution < -0.4 is 4.74 Å². The Kier molecular flexibility index (Phi) is 3.52. The van der Waals surface area contributed by atoms with Crippen LogP contribution in [0.5, 0.6) is 5.75 Å². The van der Waals surface area contributed by atoms with Crippen LogP contribution in [0, 0.1) is 0 Å². The van der Waals surface area contributed by atoms with E-state index in [0.29, 0.717) is 0 Å². The van der Waals surface area contributed by atoms with Crippen molar-refractivity contribution in [1.29, 1.82) is 0 Å². The molecule has 0 bridgehead atoms. The lowest BCUT2D eigenvalue weighted by Gasteiger charge is -2.28. The smallest absolute Gasteiger partial charge is 0.430 e. The summed E-state index contributed by atoms with van der Waals surface area (Å²) in [4.78, 5) is 11.0. The summed E-state index contributed by atoms with van der Waals surface area (Å²) < 4.78 is 43.5. The Morgan fingerprint density at radius 2 is 2.10 bits per heavy atom. The van der Waals surface area contributed by atoms with E-state index in [2.05, 4.69) is 6.58 Å². The van der Waals surface area contributed by atoms with Crippen molar-refractivity contribution in [2.24, 2.45) is 0 Å². The molecule has 0 saturated heterocycles. The third kappa shape index (κ3) is 2.51. The Morgan fingerprint density at radius 1 is 1.45 bits per heavy atom. The van der Waals surface area contributed by atoms with Crippen LogP contribution in [0.25, 0.3) is 12.2 Å². The molecule has 106 valence electrons. The third-order valence-electron chi connectivity index (χ3n) is 2.70. The highest BCUT2D eigenvalue weighted by Gasteiger charge is 2.48. The molecule has 1 aromatic rings. The number of fused-ring (bicyclic) bond motifs is 1. The van der Waals surface area contributed by atoms with Gasteiger partial charge in [-0.05, 0) is 18.2 Å². The first-order chi connectivity index (χ1) is 9.24. The first-order valence-corrected chi connectivity index (χ1v) is 5.76. The normalized spacial score (nSPS) is 17.8. The molecule has 0 aromatic heterocycles. The molecule has 0 aliphatic carbocycles. The van der Waals surface area contributed by atoms with Crippen LogP contribution in [-0.4, -0.2) is 23.4 Å². The first-order valence-electron chi connectivity index (χ1n) is 5.38. The van der Waals surface area contributed by atoms with E-state index in [-0.39, 0.29) is 21.9 Å². The quantitative estimate of drug-likeness (QED) is 0.904. The molecule has 0 spiro atoms. The maximum absolute atomic E-state index is 12.9. The van der Waals surface area contributed by atoms with Gasteiger partial charge in [0.2, 0.25) is 6.10 Å². The van der Waals surface area contributed by atoms with Gasteiger partial charge in [-0.25, -0.2) is 4.79 Å². The SMILES string of the molecule is C=Cc1cc(Cl)cc2c1O[C@H](C(F)(F)F)C(C(=O)O)=C2. The molecular formula is C13H8ClF3O3. The van der Waals surface area contributed by atoms with Crippen molar-refractivity contribution in [3.8, 4) is 5.75 Å². The van der Waals surface area contributed by atoms with Gasteiger partial charge >= 0.3 is 12.1 Å². The van der Waals surface area contributed by atoms with Crippen LogP contribution in [0.4, 0.5) is 13.2 Å². The Hall–Kier alpha value is -1.95. The van der Waals surface area contributed by atoms with Crippen LogP contribution in [0.15, 0.2) is 24.3 Å². The highest BCUT2D eigenvalue weighted by Crippen LogP contribution is 2.40. The Bertz CT molecular complexity index is 620. The highest BCUT2D eigenvalue weighted by atomic mass is 35.5. The third-order valence-corrected chi connectivity index (χ3v) is 2.92. The van der Waals surface area contributed by atoms with Crippen molar-refractivity contribution < 1.29 is 27.8 Å². The van der Waals surface area contributed by atoms with Crippen molar-refractivity contribution in [1.82, 2.24) is 0 Å². The molecule has 1 heterocycles. The Morgan fingerprint density at radius 3 is 2.60 bits per heavy atom. The zero-order chi connectivity index (χ0) is 15.1. The minimum absolute atomic E-state index is 0.0864. The number of hydrogen-bond acceptors (Lipinski definition) is 2. The fourth-order valence-electron chi connectivity index (χ4n) is 1.87. The number of carboxylic acid groups (broad SMARTS) is 1. The molecule has 20 heavy (non-hydrogen) atoms. The van der Waals surface area contributed by atoms with E-state index in [9.17, 15) is 18.0 Å². The average Bonchev–Trinajstić information content (AvgIpc) is 2.34. The number of carbonyl (C=O) groups is 1. The van der Waals surface area contributed by atoms with Crippen LogP contribution >= 0.6 is 11.6 Å². The predicted octanol–water partition coefficient (Wildman–Crippen LogP) is 3.77. The van der Waals surface area contributed by atoms with Gasteiger partial charge in [-0.2, -0.15) is 13.2 Å². The fourth-order valence-corrected chi connectivity index (χ4v) is 2.11. The molecular weight excluding hydrogens is 297 g/mol. The van der Waals surface area contributed by atoms with E-state index in [1.807, 2.05) is 0 Å². The zero-order valence-corrected chi connectivity index (χ0v) is 10.6. The molecule has 1 N–H and O–H groups in total. The van der Waals surface area contributed by atoms with Crippen LogP contribution in [0.3, 0.4) is 0 Å². The molecule has 0 radical (unpaired) electrons. The molecule has 0 unspecified atom stereocenters. The molecule has 1 aliphatic heterocycles. The number of rotatable bonds is 2. The molecule has 3 nitrogen and oxygen atoms in total. The molecule has 1 aromatic carbocycles. The standard InChI is InChI=1S/C13H8ClF3O3/c1-2-6-3-8(14)4-7-5-9(12(18)19)11(13(15,16)17)20-10(6)7/h2-5,11H,1H2,(H,18,19)/t11-/m0/s1. The van der Waals surface area contributed by atoms with Crippen molar-refractivity contribution in [2.45, 2.75) is 12.3 Å². The number of benzene rings is 1. The molecule has 0 saturated carbocycles. The number of hydrogen-bond donors (Lipinski definition) is 1. The minimum Gasteiger partial charge on any atom is -0.478 e. The maximum Gasteiger partial charge on any atom is 0.430 e. The predicted molar refractivity (Wildman–Crippen MR) is 67.6 cm³/mol. The van der Waals surface area contributed by atoms with Gasteiger partial charge in [-0.3, -0.25) is 0 Å². The van der Waals surface area contributed by atoms with Gasteiger partial charge in [0.25, 0.3) is 0 Å². The summed E-state index contributed by atoms with van der Waals surface area (Å²) >= 11 is 5.81. The van der Waals surface area contributed by atoms with Gasteiger partial charge in [0.15, 0.2) is 0 Å². The fraction of sp³-hybridized carbons (Fsp3) is 0.154. The Labute approximate surface area is 116 Å². The van der Waals surface area contributed by atoms with E-state index < -0.39 is 23.8 Å². The van der Waals surface area contributed by atoms with Crippen LogP contribution in [-0.2, 0) is 4.79 Å². The number of aliphatic carboxylic acids is 1. The molecule has 0 amide bonds. The largest absolute Gasteiger partial charge is 0.478 e. The van der Waals surface area contributed by atoms with E-state index in [0.717, 1.165) is 6.08 Å². The lowest BCUT2D eigenvalue weighted by atomic mass is 9.99. The van der Waals surface area contributed by atoms with Crippen LogP contribution in [0.1, 0.15) is 11.1 Å². The Balaban J connectivity index is 2.65. The van der Waals surface area contributed by atoms with E-state index in [1.54, 1.807) is 0 Å². The summed E-state index contributed by atoms with van der Waals surface area (Å²) in [7, 11) is 0. The van der Waals surface area contributed by atoms with E-state index >= 15 is 0 Å². The zero-order valence-electron chi connectivity index (χ0n) is 9.87. The number of ether oxygens (including phenoxy) is 1. The van der Waals surface area contributed by atoms with Crippen molar-refractivity contribution >= 4 is 29.7 Å². The summed E-state index contributed by atoms with van der Waals surface area (Å²) in [6.45, 7) is 3.46. The maximum atomic E-state index is 12.9. The number of halogens is 4. The van der Waals surface area contributed by atoms with Crippen molar-refractivity contribution in [3.05, 3.63) is 40.4 Å². The van der Waals surface area contributed by atoms with E-state index in [4.69, 9.17) is 21.4 Å². The second kappa shape index (κ2) is 4.86. The van der Waals surface area contributed by atoms with Gasteiger partial charge < -0.3 is 9.84 Å². The topological polar surface area (TPSA) is 46.5 Å². The summed E-state index contributed by atoms with van der Waals surface area (Å²) in [5.41, 5.74) is -0.449. The first kappa shape index (κ1) is 14.5. The minimum atomic E-state index is -4.83. The second-order valence-corrected chi connectivity index (χ2v) is 4.50. The summed E-state index contributed by atoms with van der Waals surface area (Å²) in [6.07, 6.45) is -5.15. The number of alkyl halides is 3. The molecule has 1 aliphatic rings. The van der Waals surface area contributed by atoms with Crippen molar-refractivity contribution in [3.63, 3.8) is 0 Å². The highest BCUT2D eigenvalue weighted by molar-refractivity contribution is 6.31. The van der Waals surface area contributed by atoms with Gasteiger partial charge in [0.05, 0.1) is 5.57 Å². The summed E-state index contributed by atoms with van der Waals surface area (Å²) in [5.74, 6) is -1.78. The van der Waals surface area contributed by atoms with Gasteiger partial charge in [-0.15, -0.1) is 0 Å². The molecule has 1 atom stereocenters. The van der Waals surface area contributed by atoms with Crippen molar-refractivity contribution in [2.75, 3.05) is 0 Å². The summed E-state index contributed by atoms with van der Waals surface area (Å²) in [5, 5.41) is 9.14. The molecule has 2 rings (SSSR count). The van der Waals surface area contributed by atoms with Crippen LogP contribution in [0.2, 0.25) is 5.02 Å². The van der Waals surface area contributed by atoms with Gasteiger partial charge in [-0.1, -0.05) is 24.3 Å². The van der Waals surface area contributed by atoms with Gasteiger partial charge in [0.1, 0.15) is 5.75 Å². The molecule has 0 fully saturated rings. The van der Waals surface area contributed by atoms with Gasteiger partial charge in [0, 0.05) is 16.1 Å². The molecule has 7 heteroatoms. The lowest BCUT2D eigenvalue weighted by Crippen LogP contribution is -2.40. The average molecular weight is 305 g/mol. The number of carboxylic acids is 1. The second-order valence-electron chi connectivity index (χ2n) is 4.06. The lowest BCUT2D eigenvalue weighted by molar-refractivity contribution is -0.187.